The van der Waals surface area contributed by atoms with E-state index in [1.165, 1.54) is 6.08 Å². The Balaban J connectivity index is 1.78. The smallest absolute Gasteiger partial charge is 0.330 e. The normalized spacial score (nSPS) is 41.0. The Kier molecular flexibility index (Phi) is 7.60. The fourth-order valence-corrected chi connectivity index (χ4v) is 4.85. The maximum absolute atomic E-state index is 12.4. The van der Waals surface area contributed by atoms with Crippen molar-refractivity contribution < 1.29 is 24.2 Å². The van der Waals surface area contributed by atoms with Crippen molar-refractivity contribution in [2.45, 2.75) is 76.4 Å². The van der Waals surface area contributed by atoms with E-state index in [9.17, 15) is 14.7 Å². The van der Waals surface area contributed by atoms with E-state index in [1.807, 2.05) is 13.0 Å². The fraction of sp³-hybridized carbons (Fsp3) is 0.636. The van der Waals surface area contributed by atoms with Crippen LogP contribution in [0.3, 0.4) is 0 Å². The molecule has 0 aromatic carbocycles. The minimum Gasteiger partial charge on any atom is -0.459 e. The summed E-state index contributed by atoms with van der Waals surface area (Å²) in [4.78, 5) is 24.0. The van der Waals surface area contributed by atoms with Crippen LogP contribution in [0.5, 0.6) is 0 Å². The zero-order chi connectivity index (χ0) is 20.9. The minimum atomic E-state index is -1.53. The Labute approximate surface area is 176 Å². The molecular formula is C22H31NO5S. The van der Waals surface area contributed by atoms with Gasteiger partial charge in [-0.1, -0.05) is 48.6 Å². The maximum Gasteiger partial charge on any atom is 0.330 e. The summed E-state index contributed by atoms with van der Waals surface area (Å²) in [5, 5.41) is 13.8. The van der Waals surface area contributed by atoms with Crippen LogP contribution in [0.1, 0.15) is 52.4 Å². The van der Waals surface area contributed by atoms with Gasteiger partial charge in [0.1, 0.15) is 6.10 Å². The summed E-state index contributed by atoms with van der Waals surface area (Å²) in [7, 11) is 0. The molecule has 0 spiro atoms. The third-order valence-corrected chi connectivity index (χ3v) is 6.50. The van der Waals surface area contributed by atoms with Gasteiger partial charge in [0.2, 0.25) is 0 Å². The van der Waals surface area contributed by atoms with Crippen molar-refractivity contribution in [2.75, 3.05) is 5.75 Å². The zero-order valence-electron chi connectivity index (χ0n) is 17.1. The molecule has 3 heterocycles. The molecule has 1 amide bonds. The second-order valence-electron chi connectivity index (χ2n) is 8.28. The molecule has 2 saturated heterocycles. The number of hydrogen-bond acceptors (Lipinski definition) is 6. The number of carbonyl (C=O) groups is 2. The van der Waals surface area contributed by atoms with Gasteiger partial charge in [-0.2, -0.15) is 0 Å². The molecule has 160 valence electrons. The van der Waals surface area contributed by atoms with Gasteiger partial charge in [-0.05, 0) is 38.5 Å². The van der Waals surface area contributed by atoms with Crippen LogP contribution in [0.4, 0.5) is 4.79 Å². The number of aliphatic hydroxyl groups is 1. The number of nitrogens with one attached hydrogen (secondary N) is 1. The van der Waals surface area contributed by atoms with Gasteiger partial charge in [0.15, 0.2) is 5.79 Å². The first-order chi connectivity index (χ1) is 13.8. The van der Waals surface area contributed by atoms with Crippen molar-refractivity contribution in [3.05, 3.63) is 36.0 Å². The van der Waals surface area contributed by atoms with Gasteiger partial charge in [0.05, 0.1) is 12.1 Å². The maximum atomic E-state index is 12.4. The first kappa shape index (κ1) is 22.1. The molecule has 0 unspecified atom stereocenters. The van der Waals surface area contributed by atoms with Crippen molar-refractivity contribution in [1.82, 2.24) is 5.32 Å². The molecule has 2 N–H and O–H groups in total. The van der Waals surface area contributed by atoms with E-state index in [0.29, 0.717) is 18.1 Å². The van der Waals surface area contributed by atoms with Gasteiger partial charge in [-0.15, -0.1) is 0 Å². The lowest BCUT2D eigenvalue weighted by Gasteiger charge is -2.43. The molecule has 0 aromatic rings. The molecule has 2 bridgehead atoms. The van der Waals surface area contributed by atoms with E-state index in [1.54, 1.807) is 0 Å². The topological polar surface area (TPSA) is 84.9 Å². The van der Waals surface area contributed by atoms with Crippen LogP contribution in [0.25, 0.3) is 0 Å². The van der Waals surface area contributed by atoms with Gasteiger partial charge in [-0.25, -0.2) is 4.79 Å². The average molecular weight is 422 g/mol. The summed E-state index contributed by atoms with van der Waals surface area (Å²) in [5.41, 5.74) is 0.961. The van der Waals surface area contributed by atoms with Gasteiger partial charge in [0, 0.05) is 24.7 Å². The van der Waals surface area contributed by atoms with E-state index >= 15 is 0 Å². The molecular weight excluding hydrogens is 390 g/mol. The minimum absolute atomic E-state index is 0.159. The highest BCUT2D eigenvalue weighted by molar-refractivity contribution is 8.14. The number of allylic oxidation sites excluding steroid dienone is 5. The fourth-order valence-electron chi connectivity index (χ4n) is 3.96. The Morgan fingerprint density at radius 1 is 1.24 bits per heavy atom. The Morgan fingerprint density at radius 3 is 2.83 bits per heavy atom. The summed E-state index contributed by atoms with van der Waals surface area (Å²) in [6, 6.07) is -0.505. The molecule has 29 heavy (non-hydrogen) atoms. The highest BCUT2D eigenvalue weighted by Crippen LogP contribution is 2.36. The Bertz CT molecular complexity index is 703. The van der Waals surface area contributed by atoms with Crippen molar-refractivity contribution in [3.8, 4) is 0 Å². The standard InChI is InChI=1S/C22H31NO5S/c1-15-7-5-3-4-6-8-16(2)11-20(24)27-18-12-17(10-9-15)28-22(26,13-18)19-14-29-21(25)23-19/h3-5,7,11,15,17-19,26H,6,8-10,12-14H2,1-2H3,(H,23,25)/b4-3+,7-5-,16-11-/t15-,17-,18+,19+,22-/m1/s1. The third-order valence-electron chi connectivity index (χ3n) is 5.62. The molecule has 0 aromatic heterocycles. The number of hydrogen-bond donors (Lipinski definition) is 2. The summed E-state index contributed by atoms with van der Waals surface area (Å²) in [5.74, 6) is -1.10. The van der Waals surface area contributed by atoms with Gasteiger partial charge in [-0.3, -0.25) is 4.79 Å². The quantitative estimate of drug-likeness (QED) is 0.626. The summed E-state index contributed by atoms with van der Waals surface area (Å²) in [6.07, 6.45) is 13.2. The molecule has 0 saturated carbocycles. The van der Waals surface area contributed by atoms with E-state index in [2.05, 4.69) is 30.5 Å². The number of carbonyl (C=O) groups excluding carboxylic acids is 2. The van der Waals surface area contributed by atoms with Gasteiger partial charge >= 0.3 is 5.97 Å². The molecule has 2 fully saturated rings. The second-order valence-corrected chi connectivity index (χ2v) is 9.27. The Morgan fingerprint density at radius 2 is 2.07 bits per heavy atom. The number of thioether (sulfide) groups is 1. The number of ether oxygens (including phenoxy) is 2. The first-order valence-corrected chi connectivity index (χ1v) is 11.4. The largest absolute Gasteiger partial charge is 0.459 e. The molecule has 7 heteroatoms. The molecule has 3 aliphatic heterocycles. The number of rotatable bonds is 1. The molecule has 6 nitrogen and oxygen atoms in total. The van der Waals surface area contributed by atoms with Crippen LogP contribution in [0.2, 0.25) is 0 Å². The molecule has 3 aliphatic rings. The summed E-state index contributed by atoms with van der Waals surface area (Å²) in [6.45, 7) is 4.07. The van der Waals surface area contributed by atoms with E-state index < -0.39 is 17.9 Å². The predicted octanol–water partition coefficient (Wildman–Crippen LogP) is 3.86. The lowest BCUT2D eigenvalue weighted by molar-refractivity contribution is -0.283. The van der Waals surface area contributed by atoms with Crippen molar-refractivity contribution >= 4 is 23.0 Å². The van der Waals surface area contributed by atoms with Gasteiger partial charge in [0.25, 0.3) is 5.24 Å². The van der Waals surface area contributed by atoms with Crippen LogP contribution >= 0.6 is 11.8 Å². The van der Waals surface area contributed by atoms with Crippen molar-refractivity contribution in [2.24, 2.45) is 5.92 Å². The van der Waals surface area contributed by atoms with E-state index in [0.717, 1.165) is 43.0 Å². The number of esters is 1. The zero-order valence-corrected chi connectivity index (χ0v) is 18.0. The highest BCUT2D eigenvalue weighted by atomic mass is 32.2. The summed E-state index contributed by atoms with van der Waals surface area (Å²) >= 11 is 1.14. The van der Waals surface area contributed by atoms with E-state index in [-0.39, 0.29) is 23.7 Å². The highest BCUT2D eigenvalue weighted by Gasteiger charge is 2.49. The lowest BCUT2D eigenvalue weighted by Crippen LogP contribution is -2.58. The van der Waals surface area contributed by atoms with Crippen LogP contribution in [0, 0.1) is 5.92 Å². The van der Waals surface area contributed by atoms with Gasteiger partial charge < -0.3 is 19.9 Å². The monoisotopic (exact) mass is 421 g/mol. The third kappa shape index (κ3) is 6.46. The number of amides is 1. The second kappa shape index (κ2) is 9.96. The average Bonchev–Trinajstić information content (AvgIpc) is 3.09. The molecule has 0 aliphatic carbocycles. The van der Waals surface area contributed by atoms with Crippen LogP contribution in [-0.2, 0) is 14.3 Å². The SMILES string of the molecule is C/C1=C/C(=O)O[C@H]2C[C@@H](CC[C@H](C)/C=C\C=C\CC1)O[C@@](O)([C@@H]1CSC(=O)N1)C2. The molecule has 3 rings (SSSR count). The Hall–Kier alpha value is -1.57. The predicted molar refractivity (Wildman–Crippen MR) is 113 cm³/mol. The van der Waals surface area contributed by atoms with Crippen molar-refractivity contribution in [1.29, 1.82) is 0 Å². The summed E-state index contributed by atoms with van der Waals surface area (Å²) < 4.78 is 11.8. The molecule has 0 radical (unpaired) electrons. The van der Waals surface area contributed by atoms with Crippen LogP contribution in [-0.4, -0.2) is 46.1 Å². The lowest BCUT2D eigenvalue weighted by atomic mass is 9.90. The number of fused-ring (bicyclic) bond motifs is 2. The first-order valence-electron chi connectivity index (χ1n) is 10.4. The van der Waals surface area contributed by atoms with Crippen LogP contribution in [0.15, 0.2) is 36.0 Å². The van der Waals surface area contributed by atoms with Crippen LogP contribution < -0.4 is 5.32 Å². The van der Waals surface area contributed by atoms with Crippen molar-refractivity contribution in [3.63, 3.8) is 0 Å². The molecule has 5 atom stereocenters. The van der Waals surface area contributed by atoms with E-state index in [4.69, 9.17) is 9.47 Å².